The number of nitrogens with one attached hydrogen (secondary N) is 1. The van der Waals surface area contributed by atoms with Crippen LogP contribution in [-0.4, -0.2) is 41.3 Å². The molecule has 0 aromatic heterocycles. The highest BCUT2D eigenvalue weighted by molar-refractivity contribution is 6.14. The third-order valence-electron chi connectivity index (χ3n) is 6.81. The van der Waals surface area contributed by atoms with Gasteiger partial charge in [0.1, 0.15) is 5.75 Å². The fourth-order valence-corrected chi connectivity index (χ4v) is 5.05. The van der Waals surface area contributed by atoms with Crippen molar-refractivity contribution in [2.45, 2.75) is 51.4 Å². The Bertz CT molecular complexity index is 1240. The normalized spacial score (nSPS) is 22.4. The molecule has 1 heterocycles. The number of carbonyl (C=O) groups is 3. The summed E-state index contributed by atoms with van der Waals surface area (Å²) in [5.41, 5.74) is -4.34. The average Bonchev–Trinajstić information content (AvgIpc) is 3.06. The number of allylic oxidation sites excluding steroid dienone is 1. The Balaban J connectivity index is 1.88. The van der Waals surface area contributed by atoms with Crippen molar-refractivity contribution in [1.82, 2.24) is 10.2 Å². The van der Waals surface area contributed by atoms with Crippen molar-refractivity contribution in [2.75, 3.05) is 7.11 Å². The van der Waals surface area contributed by atoms with Crippen LogP contribution in [0.3, 0.4) is 0 Å². The van der Waals surface area contributed by atoms with Crippen molar-refractivity contribution < 1.29 is 32.3 Å². The van der Waals surface area contributed by atoms with Gasteiger partial charge in [-0.3, -0.25) is 14.4 Å². The molecule has 0 saturated carbocycles. The molecule has 0 radical (unpaired) electrons. The lowest BCUT2D eigenvalue weighted by atomic mass is 9.72. The number of carbonyl (C=O) groups excluding carboxylic acids is 3. The van der Waals surface area contributed by atoms with Gasteiger partial charge in [0.2, 0.25) is 5.54 Å². The molecule has 2 atom stereocenters. The average molecular weight is 501 g/mol. The maximum Gasteiger partial charge on any atom is 0.425 e. The van der Waals surface area contributed by atoms with Gasteiger partial charge in [0.15, 0.2) is 5.78 Å². The number of hydrogen-bond donors (Lipinski definition) is 1. The number of ketones is 1. The summed E-state index contributed by atoms with van der Waals surface area (Å²) >= 11 is 0. The minimum Gasteiger partial charge on any atom is -0.497 e. The van der Waals surface area contributed by atoms with Gasteiger partial charge in [-0.05, 0) is 48.6 Å². The second kappa shape index (κ2) is 8.80. The second-order valence-electron chi connectivity index (χ2n) is 9.95. The molecule has 2 unspecified atom stereocenters. The van der Waals surface area contributed by atoms with Crippen LogP contribution in [-0.2, 0) is 9.59 Å². The van der Waals surface area contributed by atoms with Crippen molar-refractivity contribution in [3.05, 3.63) is 77.0 Å². The maximum atomic E-state index is 15.0. The molecular weight excluding hydrogens is 473 g/mol. The molecule has 0 bridgehead atoms. The van der Waals surface area contributed by atoms with E-state index in [0.717, 1.165) is 4.90 Å². The van der Waals surface area contributed by atoms with Crippen LogP contribution in [0.2, 0.25) is 0 Å². The Labute approximate surface area is 207 Å². The quantitative estimate of drug-likeness (QED) is 0.629. The highest BCUT2D eigenvalue weighted by Crippen LogP contribution is 2.53. The number of methoxy groups -OCH3 is 1. The van der Waals surface area contributed by atoms with Gasteiger partial charge in [0.05, 0.1) is 18.7 Å². The highest BCUT2D eigenvalue weighted by Gasteiger charge is 2.72. The highest BCUT2D eigenvalue weighted by atomic mass is 19.4. The van der Waals surface area contributed by atoms with E-state index >= 15 is 0 Å². The van der Waals surface area contributed by atoms with E-state index in [-0.39, 0.29) is 24.1 Å². The van der Waals surface area contributed by atoms with E-state index in [2.05, 4.69) is 0 Å². The van der Waals surface area contributed by atoms with Crippen LogP contribution >= 0.6 is 0 Å². The van der Waals surface area contributed by atoms with Crippen LogP contribution in [0, 0.1) is 5.41 Å². The fourth-order valence-electron chi connectivity index (χ4n) is 5.05. The lowest BCUT2D eigenvalue weighted by Crippen LogP contribution is -2.66. The predicted octanol–water partition coefficient (Wildman–Crippen LogP) is 4.97. The molecule has 36 heavy (non-hydrogen) atoms. The lowest BCUT2D eigenvalue weighted by Gasteiger charge is -2.35. The number of benzene rings is 2. The molecule has 0 spiro atoms. The van der Waals surface area contributed by atoms with E-state index < -0.39 is 46.3 Å². The summed E-state index contributed by atoms with van der Waals surface area (Å²) in [5, 5.41) is 1.95. The molecule has 0 fully saturated rings. The standard InChI is InChI=1S/C27H27F3N2O4/c1-16(17-8-6-5-7-9-17)32-20-14-25(2,3)15-21(33)22(20)26(24(32)35,27(28,29)30)31-23(34)18-10-12-19(36-4)13-11-18/h5-13,16H,14-15H2,1-4H3,(H,31,34). The summed E-state index contributed by atoms with van der Waals surface area (Å²) in [5.74, 6) is -2.90. The van der Waals surface area contributed by atoms with Crippen LogP contribution in [0.5, 0.6) is 5.75 Å². The molecule has 4 rings (SSSR count). The summed E-state index contributed by atoms with van der Waals surface area (Å²) in [4.78, 5) is 41.3. The molecule has 1 N–H and O–H groups in total. The monoisotopic (exact) mass is 500 g/mol. The number of halogens is 3. The summed E-state index contributed by atoms with van der Waals surface area (Å²) in [6.45, 7) is 5.16. The van der Waals surface area contributed by atoms with Crippen LogP contribution < -0.4 is 10.1 Å². The van der Waals surface area contributed by atoms with Crippen LogP contribution in [0.15, 0.2) is 65.9 Å². The van der Waals surface area contributed by atoms with Crippen molar-refractivity contribution in [3.63, 3.8) is 0 Å². The van der Waals surface area contributed by atoms with E-state index in [1.165, 1.54) is 31.4 Å². The number of Topliss-reactive ketones (excluding diaryl/α,β-unsaturated/α-hetero) is 1. The van der Waals surface area contributed by atoms with Crippen molar-refractivity contribution in [2.24, 2.45) is 5.41 Å². The third-order valence-corrected chi connectivity index (χ3v) is 6.81. The molecule has 0 saturated heterocycles. The Morgan fingerprint density at radius 1 is 1.03 bits per heavy atom. The van der Waals surface area contributed by atoms with Gasteiger partial charge >= 0.3 is 6.18 Å². The summed E-state index contributed by atoms with van der Waals surface area (Å²) < 4.78 is 49.9. The Morgan fingerprint density at radius 3 is 2.19 bits per heavy atom. The number of ether oxygens (including phenoxy) is 1. The first-order valence-electron chi connectivity index (χ1n) is 11.5. The summed E-state index contributed by atoms with van der Waals surface area (Å²) in [6, 6.07) is 13.3. The zero-order chi connectivity index (χ0) is 26.5. The van der Waals surface area contributed by atoms with Gasteiger partial charge in [-0.15, -0.1) is 0 Å². The van der Waals surface area contributed by atoms with Gasteiger partial charge in [-0.1, -0.05) is 44.2 Å². The van der Waals surface area contributed by atoms with Gasteiger partial charge in [0.25, 0.3) is 11.8 Å². The topological polar surface area (TPSA) is 75.7 Å². The summed E-state index contributed by atoms with van der Waals surface area (Å²) in [6.07, 6.45) is -5.37. The minimum absolute atomic E-state index is 0.00459. The number of rotatable bonds is 5. The largest absolute Gasteiger partial charge is 0.497 e. The van der Waals surface area contributed by atoms with E-state index in [9.17, 15) is 27.6 Å². The van der Waals surface area contributed by atoms with Crippen molar-refractivity contribution >= 4 is 17.6 Å². The van der Waals surface area contributed by atoms with Gasteiger partial charge in [0, 0.05) is 17.7 Å². The van der Waals surface area contributed by atoms with E-state index in [1.54, 1.807) is 51.1 Å². The number of nitrogens with zero attached hydrogens (tertiary/aromatic N) is 1. The first kappa shape index (κ1) is 25.5. The molecule has 2 amide bonds. The second-order valence-corrected chi connectivity index (χ2v) is 9.95. The maximum absolute atomic E-state index is 15.0. The Hall–Kier alpha value is -3.62. The SMILES string of the molecule is COc1ccc(C(=O)NC2(C(F)(F)F)C(=O)N(C(C)c3ccccc3)C3=C2C(=O)CC(C)(C)C3)cc1. The smallest absolute Gasteiger partial charge is 0.425 e. The third kappa shape index (κ3) is 4.06. The predicted molar refractivity (Wildman–Crippen MR) is 126 cm³/mol. The molecular formula is C27H27F3N2O4. The van der Waals surface area contributed by atoms with Gasteiger partial charge in [-0.25, -0.2) is 0 Å². The molecule has 9 heteroatoms. The lowest BCUT2D eigenvalue weighted by molar-refractivity contribution is -0.191. The number of alkyl halides is 3. The molecule has 1 aliphatic heterocycles. The van der Waals surface area contributed by atoms with E-state index in [1.807, 2.05) is 5.32 Å². The first-order chi connectivity index (χ1) is 16.8. The Kier molecular flexibility index (Phi) is 6.22. The van der Waals surface area contributed by atoms with Crippen molar-refractivity contribution in [3.8, 4) is 5.75 Å². The van der Waals surface area contributed by atoms with Crippen LogP contribution in [0.1, 0.15) is 55.6 Å². The van der Waals surface area contributed by atoms with Crippen LogP contribution in [0.4, 0.5) is 13.2 Å². The Morgan fingerprint density at radius 2 is 1.64 bits per heavy atom. The molecule has 2 aromatic rings. The molecule has 6 nitrogen and oxygen atoms in total. The van der Waals surface area contributed by atoms with Gasteiger partial charge < -0.3 is 15.0 Å². The van der Waals surface area contributed by atoms with Gasteiger partial charge in [-0.2, -0.15) is 13.2 Å². The van der Waals surface area contributed by atoms with Crippen molar-refractivity contribution in [1.29, 1.82) is 0 Å². The molecule has 190 valence electrons. The fraction of sp³-hybridized carbons (Fsp3) is 0.370. The molecule has 2 aliphatic rings. The summed E-state index contributed by atoms with van der Waals surface area (Å²) in [7, 11) is 1.41. The number of amides is 2. The zero-order valence-corrected chi connectivity index (χ0v) is 20.4. The van der Waals surface area contributed by atoms with E-state index in [0.29, 0.717) is 11.3 Å². The first-order valence-corrected chi connectivity index (χ1v) is 11.5. The van der Waals surface area contributed by atoms with Crippen LogP contribution in [0.25, 0.3) is 0 Å². The molecule has 2 aromatic carbocycles. The molecule has 1 aliphatic carbocycles. The zero-order valence-electron chi connectivity index (χ0n) is 20.4. The number of hydrogen-bond acceptors (Lipinski definition) is 4. The minimum atomic E-state index is -5.27. The van der Waals surface area contributed by atoms with E-state index in [4.69, 9.17) is 4.74 Å².